The molecule has 152 valence electrons. The van der Waals surface area contributed by atoms with Gasteiger partial charge >= 0.3 is 5.69 Å². The standard InChI is InChI=1S/C19H27N5O3S/c1-7-24(11-8-9-11)12(25)10-28-15-13-14(20-17(21-15)19(2,3)4)22(5)18(27)23(6)16(13)26/h11H,7-10H2,1-6H3. The number of rotatable bonds is 5. The highest BCUT2D eigenvalue weighted by atomic mass is 32.2. The van der Waals surface area contributed by atoms with Crippen molar-refractivity contribution in [2.45, 2.75) is 57.0 Å². The predicted molar refractivity (Wildman–Crippen MR) is 110 cm³/mol. The Morgan fingerprint density at radius 3 is 2.36 bits per heavy atom. The second kappa shape index (κ2) is 7.35. The van der Waals surface area contributed by atoms with Gasteiger partial charge < -0.3 is 4.90 Å². The lowest BCUT2D eigenvalue weighted by Crippen LogP contribution is -2.38. The molecule has 0 radical (unpaired) electrons. The predicted octanol–water partition coefficient (Wildman–Crippen LogP) is 1.43. The van der Waals surface area contributed by atoms with E-state index in [1.165, 1.54) is 23.4 Å². The highest BCUT2D eigenvalue weighted by Crippen LogP contribution is 2.30. The van der Waals surface area contributed by atoms with E-state index in [9.17, 15) is 14.4 Å². The summed E-state index contributed by atoms with van der Waals surface area (Å²) in [5.41, 5.74) is -0.941. The van der Waals surface area contributed by atoms with Crippen LogP contribution in [0.2, 0.25) is 0 Å². The molecule has 1 aliphatic carbocycles. The summed E-state index contributed by atoms with van der Waals surface area (Å²) in [7, 11) is 3.03. The number of amides is 1. The number of carbonyl (C=O) groups excluding carboxylic acids is 1. The second-order valence-corrected chi connectivity index (χ2v) is 9.17. The number of aryl methyl sites for hydroxylation is 1. The first-order valence-corrected chi connectivity index (χ1v) is 10.4. The minimum Gasteiger partial charge on any atom is -0.339 e. The van der Waals surface area contributed by atoms with E-state index >= 15 is 0 Å². The van der Waals surface area contributed by atoms with Crippen LogP contribution in [0.4, 0.5) is 0 Å². The molecule has 0 N–H and O–H groups in total. The molecule has 2 aromatic heterocycles. The molecular weight excluding hydrogens is 378 g/mol. The lowest BCUT2D eigenvalue weighted by atomic mass is 9.96. The summed E-state index contributed by atoms with van der Waals surface area (Å²) in [5, 5.41) is 0.733. The Morgan fingerprint density at radius 2 is 1.82 bits per heavy atom. The summed E-state index contributed by atoms with van der Waals surface area (Å²) in [4.78, 5) is 48.8. The van der Waals surface area contributed by atoms with Gasteiger partial charge in [0.2, 0.25) is 5.91 Å². The van der Waals surface area contributed by atoms with Gasteiger partial charge in [0.15, 0.2) is 5.65 Å². The van der Waals surface area contributed by atoms with Gasteiger partial charge in [0.25, 0.3) is 5.56 Å². The smallest absolute Gasteiger partial charge is 0.332 e. The van der Waals surface area contributed by atoms with Crippen molar-refractivity contribution >= 4 is 28.7 Å². The second-order valence-electron chi connectivity index (χ2n) is 8.21. The average Bonchev–Trinajstić information content (AvgIpc) is 3.47. The Hall–Kier alpha value is -2.16. The van der Waals surface area contributed by atoms with Crippen LogP contribution in [0, 0.1) is 0 Å². The summed E-state index contributed by atoms with van der Waals surface area (Å²) < 4.78 is 2.42. The van der Waals surface area contributed by atoms with Gasteiger partial charge in [0.05, 0.1) is 5.75 Å². The number of fused-ring (bicyclic) bond motifs is 1. The van der Waals surface area contributed by atoms with E-state index < -0.39 is 11.2 Å². The Bertz CT molecular complexity index is 1050. The van der Waals surface area contributed by atoms with Gasteiger partial charge in [-0.1, -0.05) is 32.5 Å². The van der Waals surface area contributed by atoms with Gasteiger partial charge in [-0.3, -0.25) is 18.7 Å². The van der Waals surface area contributed by atoms with Gasteiger partial charge in [0, 0.05) is 32.1 Å². The highest BCUT2D eigenvalue weighted by Gasteiger charge is 2.31. The molecule has 0 saturated heterocycles. The molecule has 0 bridgehead atoms. The van der Waals surface area contributed by atoms with Crippen LogP contribution in [0.25, 0.3) is 11.0 Å². The normalized spacial score (nSPS) is 14.5. The molecule has 2 aromatic rings. The first kappa shape index (κ1) is 20.6. The first-order valence-electron chi connectivity index (χ1n) is 9.46. The van der Waals surface area contributed by atoms with Crippen molar-refractivity contribution < 1.29 is 4.79 Å². The molecule has 0 spiro atoms. The Balaban J connectivity index is 2.10. The maximum Gasteiger partial charge on any atom is 0.332 e. The molecule has 3 rings (SSSR count). The molecule has 0 aromatic carbocycles. The van der Waals surface area contributed by atoms with Gasteiger partial charge in [-0.2, -0.15) is 0 Å². The van der Waals surface area contributed by atoms with Crippen molar-refractivity contribution in [1.29, 1.82) is 0 Å². The van der Waals surface area contributed by atoms with Crippen molar-refractivity contribution in [3.8, 4) is 0 Å². The van der Waals surface area contributed by atoms with E-state index in [0.717, 1.165) is 17.4 Å². The van der Waals surface area contributed by atoms with Crippen LogP contribution >= 0.6 is 11.8 Å². The third-order valence-electron chi connectivity index (χ3n) is 4.92. The summed E-state index contributed by atoms with van der Waals surface area (Å²) in [6, 6.07) is 0.346. The Morgan fingerprint density at radius 1 is 1.18 bits per heavy atom. The maximum atomic E-state index is 12.8. The van der Waals surface area contributed by atoms with E-state index in [1.54, 1.807) is 7.05 Å². The third-order valence-corrected chi connectivity index (χ3v) is 5.88. The summed E-state index contributed by atoms with van der Waals surface area (Å²) in [6.07, 6.45) is 2.11. The largest absolute Gasteiger partial charge is 0.339 e. The Labute approximate surface area is 168 Å². The summed E-state index contributed by atoms with van der Waals surface area (Å²) in [5.74, 6) is 0.778. The molecule has 0 unspecified atom stereocenters. The van der Waals surface area contributed by atoms with Crippen molar-refractivity contribution in [2.24, 2.45) is 14.1 Å². The van der Waals surface area contributed by atoms with E-state index in [4.69, 9.17) is 0 Å². The first-order chi connectivity index (χ1) is 13.1. The number of aromatic nitrogens is 4. The fourth-order valence-corrected chi connectivity index (χ4v) is 4.01. The molecule has 0 atom stereocenters. The van der Waals surface area contributed by atoms with Crippen LogP contribution in [0.3, 0.4) is 0 Å². The molecule has 1 saturated carbocycles. The zero-order chi connectivity index (χ0) is 20.8. The van der Waals surface area contributed by atoms with Crippen LogP contribution < -0.4 is 11.2 Å². The monoisotopic (exact) mass is 405 g/mol. The molecule has 1 aliphatic rings. The Kier molecular flexibility index (Phi) is 5.40. The maximum absolute atomic E-state index is 12.8. The average molecular weight is 406 g/mol. The van der Waals surface area contributed by atoms with Crippen molar-refractivity contribution in [3.05, 3.63) is 26.7 Å². The lowest BCUT2D eigenvalue weighted by Gasteiger charge is -2.21. The van der Waals surface area contributed by atoms with E-state index in [2.05, 4.69) is 9.97 Å². The van der Waals surface area contributed by atoms with Crippen LogP contribution in [0.15, 0.2) is 14.6 Å². The third kappa shape index (κ3) is 3.72. The molecule has 9 heteroatoms. The van der Waals surface area contributed by atoms with E-state index in [1.807, 2.05) is 32.6 Å². The molecule has 8 nitrogen and oxygen atoms in total. The molecule has 28 heavy (non-hydrogen) atoms. The fourth-order valence-electron chi connectivity index (χ4n) is 3.11. The van der Waals surface area contributed by atoms with E-state index in [-0.39, 0.29) is 22.5 Å². The highest BCUT2D eigenvalue weighted by molar-refractivity contribution is 8.00. The zero-order valence-electron chi connectivity index (χ0n) is 17.3. The fraction of sp³-hybridized carbons (Fsp3) is 0.632. The molecule has 2 heterocycles. The van der Waals surface area contributed by atoms with Crippen molar-refractivity contribution in [1.82, 2.24) is 24.0 Å². The van der Waals surface area contributed by atoms with Crippen molar-refractivity contribution in [2.75, 3.05) is 12.3 Å². The lowest BCUT2D eigenvalue weighted by molar-refractivity contribution is -0.128. The van der Waals surface area contributed by atoms with Gasteiger partial charge in [-0.05, 0) is 19.8 Å². The van der Waals surface area contributed by atoms with Crippen molar-refractivity contribution in [3.63, 3.8) is 0 Å². The van der Waals surface area contributed by atoms with Gasteiger partial charge in [0.1, 0.15) is 16.2 Å². The number of carbonyl (C=O) groups is 1. The minimum atomic E-state index is -0.442. The topological polar surface area (TPSA) is 90.1 Å². The van der Waals surface area contributed by atoms with Crippen LogP contribution in [-0.2, 0) is 24.3 Å². The summed E-state index contributed by atoms with van der Waals surface area (Å²) in [6.45, 7) is 8.57. The minimum absolute atomic E-state index is 0.0423. The molecule has 0 aliphatic heterocycles. The number of thioether (sulfide) groups is 1. The molecule has 1 amide bonds. The van der Waals surface area contributed by atoms with E-state index in [0.29, 0.717) is 29.1 Å². The zero-order valence-corrected chi connectivity index (χ0v) is 18.1. The van der Waals surface area contributed by atoms with Crippen LogP contribution in [-0.4, -0.2) is 48.2 Å². The molecule has 1 fully saturated rings. The number of hydrogen-bond acceptors (Lipinski definition) is 6. The van der Waals surface area contributed by atoms with Gasteiger partial charge in [-0.25, -0.2) is 14.8 Å². The summed E-state index contributed by atoms with van der Waals surface area (Å²) >= 11 is 1.24. The van der Waals surface area contributed by atoms with Gasteiger partial charge in [-0.15, -0.1) is 0 Å². The SMILES string of the molecule is CCN(C(=O)CSc1nc(C(C)(C)C)nc2c1c(=O)n(C)c(=O)n2C)C1CC1. The number of hydrogen-bond donors (Lipinski definition) is 0. The quantitative estimate of drug-likeness (QED) is 0.552. The van der Waals surface area contributed by atoms with Crippen LogP contribution in [0.5, 0.6) is 0 Å². The molecular formula is C19H27N5O3S. The van der Waals surface area contributed by atoms with Crippen LogP contribution in [0.1, 0.15) is 46.4 Å². The number of nitrogens with zero attached hydrogens (tertiary/aromatic N) is 5.